The van der Waals surface area contributed by atoms with Crippen LogP contribution in [0.4, 0.5) is 0 Å². The third-order valence-electron chi connectivity index (χ3n) is 3.31. The molecule has 0 radical (unpaired) electrons. The van der Waals surface area contributed by atoms with Crippen molar-refractivity contribution in [3.63, 3.8) is 0 Å². The summed E-state index contributed by atoms with van der Waals surface area (Å²) in [7, 11) is 0. The zero-order valence-corrected chi connectivity index (χ0v) is 11.2. The fraction of sp³-hybridized carbons (Fsp3) is 0.294. The second-order valence-corrected chi connectivity index (χ2v) is 6.29. The summed E-state index contributed by atoms with van der Waals surface area (Å²) >= 11 is 0. The van der Waals surface area contributed by atoms with E-state index in [-0.39, 0.29) is 0 Å². The van der Waals surface area contributed by atoms with Crippen molar-refractivity contribution in [1.29, 1.82) is 0 Å². The Bertz CT molecular complexity index is 698. The monoisotopic (exact) mass is 237 g/mol. The van der Waals surface area contributed by atoms with E-state index in [0.29, 0.717) is 5.41 Å². The molecule has 0 aliphatic heterocycles. The Morgan fingerprint density at radius 2 is 1.61 bits per heavy atom. The van der Waals surface area contributed by atoms with Crippen LogP contribution >= 0.6 is 0 Å². The summed E-state index contributed by atoms with van der Waals surface area (Å²) in [6.07, 6.45) is 1.11. The van der Waals surface area contributed by atoms with Gasteiger partial charge in [-0.2, -0.15) is 0 Å². The minimum Gasteiger partial charge on any atom is -0.355 e. The molecule has 0 saturated heterocycles. The van der Waals surface area contributed by atoms with Gasteiger partial charge in [0.2, 0.25) is 0 Å². The van der Waals surface area contributed by atoms with Crippen molar-refractivity contribution in [2.45, 2.75) is 27.2 Å². The molecule has 0 atom stereocenters. The Labute approximate surface area is 108 Å². The van der Waals surface area contributed by atoms with Gasteiger partial charge in [-0.05, 0) is 35.6 Å². The molecule has 3 rings (SSSR count). The molecule has 0 aliphatic carbocycles. The van der Waals surface area contributed by atoms with E-state index >= 15 is 0 Å². The molecule has 1 heterocycles. The molecule has 0 amide bonds. The Morgan fingerprint density at radius 1 is 0.889 bits per heavy atom. The summed E-state index contributed by atoms with van der Waals surface area (Å²) < 4.78 is 0. The van der Waals surface area contributed by atoms with Gasteiger partial charge in [-0.25, -0.2) is 0 Å². The minimum atomic E-state index is 0.333. The number of hydrogen-bond donors (Lipinski definition) is 1. The van der Waals surface area contributed by atoms with E-state index < -0.39 is 0 Å². The quantitative estimate of drug-likeness (QED) is 0.619. The van der Waals surface area contributed by atoms with E-state index in [0.717, 1.165) is 6.42 Å². The molecule has 0 bridgehead atoms. The van der Waals surface area contributed by atoms with Crippen LogP contribution in [0.15, 0.2) is 42.5 Å². The maximum Gasteiger partial charge on any atom is 0.0465 e. The number of H-pyrrole nitrogens is 1. The first kappa shape index (κ1) is 11.3. The number of benzene rings is 2. The van der Waals surface area contributed by atoms with Gasteiger partial charge in [0.05, 0.1) is 0 Å². The van der Waals surface area contributed by atoms with Gasteiger partial charge in [0.25, 0.3) is 0 Å². The molecule has 1 heteroatoms. The predicted molar refractivity (Wildman–Crippen MR) is 79.0 cm³/mol. The molecule has 0 unspecified atom stereocenters. The van der Waals surface area contributed by atoms with Crippen LogP contribution in [0.2, 0.25) is 0 Å². The first-order valence-corrected chi connectivity index (χ1v) is 6.52. The lowest BCUT2D eigenvalue weighted by atomic mass is 9.88. The number of hydrogen-bond acceptors (Lipinski definition) is 0. The Kier molecular flexibility index (Phi) is 2.44. The average molecular weight is 237 g/mol. The van der Waals surface area contributed by atoms with E-state index in [4.69, 9.17) is 0 Å². The maximum atomic E-state index is 3.47. The van der Waals surface area contributed by atoms with Crippen molar-refractivity contribution < 1.29 is 0 Å². The number of aromatic amines is 1. The molecule has 1 N–H and O–H groups in total. The zero-order chi connectivity index (χ0) is 12.8. The number of para-hydroxylation sites is 1. The summed E-state index contributed by atoms with van der Waals surface area (Å²) in [5.74, 6) is 0. The highest BCUT2D eigenvalue weighted by Gasteiger charge is 2.12. The van der Waals surface area contributed by atoms with Crippen molar-refractivity contribution in [2.24, 2.45) is 5.41 Å². The molecule has 1 nitrogen and oxygen atoms in total. The van der Waals surface area contributed by atoms with Gasteiger partial charge in [-0.15, -0.1) is 0 Å². The van der Waals surface area contributed by atoms with Crippen LogP contribution in [0.3, 0.4) is 0 Å². The number of nitrogens with one attached hydrogen (secondary N) is 1. The maximum absolute atomic E-state index is 3.47. The molecule has 0 aliphatic rings. The van der Waals surface area contributed by atoms with Crippen LogP contribution in [0, 0.1) is 5.41 Å². The molecular weight excluding hydrogens is 218 g/mol. The fourth-order valence-corrected chi connectivity index (χ4v) is 2.62. The third kappa shape index (κ3) is 2.01. The van der Waals surface area contributed by atoms with Crippen LogP contribution in [0.25, 0.3) is 21.8 Å². The van der Waals surface area contributed by atoms with Crippen molar-refractivity contribution in [1.82, 2.24) is 4.98 Å². The van der Waals surface area contributed by atoms with Crippen LogP contribution in [-0.4, -0.2) is 4.98 Å². The molecule has 18 heavy (non-hydrogen) atoms. The summed E-state index contributed by atoms with van der Waals surface area (Å²) in [4.78, 5) is 3.47. The smallest absolute Gasteiger partial charge is 0.0465 e. The standard InChI is InChI=1S/C17H19N/c1-17(2,3)11-12-8-9-16-14(10-12)13-6-4-5-7-15(13)18-16/h4-10,18H,11H2,1-3H3. The minimum absolute atomic E-state index is 0.333. The Morgan fingerprint density at radius 3 is 2.39 bits per heavy atom. The van der Waals surface area contributed by atoms with E-state index in [1.807, 2.05) is 0 Å². The zero-order valence-electron chi connectivity index (χ0n) is 11.2. The molecular formula is C17H19N. The second kappa shape index (κ2) is 3.88. The summed E-state index contributed by atoms with van der Waals surface area (Å²) in [5.41, 5.74) is 4.20. The van der Waals surface area contributed by atoms with Crippen LogP contribution in [-0.2, 0) is 6.42 Å². The topological polar surface area (TPSA) is 15.8 Å². The number of fused-ring (bicyclic) bond motifs is 3. The van der Waals surface area contributed by atoms with E-state index in [1.54, 1.807) is 0 Å². The molecule has 92 valence electrons. The molecule has 0 fully saturated rings. The Balaban J connectivity index is 2.18. The largest absolute Gasteiger partial charge is 0.355 e. The lowest BCUT2D eigenvalue weighted by Gasteiger charge is -2.18. The summed E-state index contributed by atoms with van der Waals surface area (Å²) in [5, 5.41) is 2.66. The molecule has 3 aromatic rings. The molecule has 0 spiro atoms. The van der Waals surface area contributed by atoms with E-state index in [2.05, 4.69) is 68.2 Å². The van der Waals surface area contributed by atoms with Crippen LogP contribution in [0.1, 0.15) is 26.3 Å². The van der Waals surface area contributed by atoms with Crippen LogP contribution < -0.4 is 0 Å². The third-order valence-corrected chi connectivity index (χ3v) is 3.31. The van der Waals surface area contributed by atoms with Gasteiger partial charge in [-0.1, -0.05) is 45.0 Å². The SMILES string of the molecule is CC(C)(C)Cc1ccc2[nH]c3ccccc3c2c1. The van der Waals surface area contributed by atoms with Crippen molar-refractivity contribution >= 4 is 21.8 Å². The van der Waals surface area contributed by atoms with Crippen molar-refractivity contribution in [3.05, 3.63) is 48.0 Å². The first-order valence-electron chi connectivity index (χ1n) is 6.52. The van der Waals surface area contributed by atoms with E-state index in [1.165, 1.54) is 27.4 Å². The first-order chi connectivity index (χ1) is 8.53. The molecule has 1 aromatic heterocycles. The van der Waals surface area contributed by atoms with E-state index in [9.17, 15) is 0 Å². The average Bonchev–Trinajstić information content (AvgIpc) is 2.65. The van der Waals surface area contributed by atoms with Gasteiger partial charge in [0, 0.05) is 21.8 Å². The van der Waals surface area contributed by atoms with Gasteiger partial charge in [0.15, 0.2) is 0 Å². The van der Waals surface area contributed by atoms with Gasteiger partial charge in [0.1, 0.15) is 0 Å². The number of rotatable bonds is 1. The molecule has 2 aromatic carbocycles. The van der Waals surface area contributed by atoms with Crippen LogP contribution in [0.5, 0.6) is 0 Å². The predicted octanol–water partition coefficient (Wildman–Crippen LogP) is 4.91. The highest BCUT2D eigenvalue weighted by Crippen LogP contribution is 2.28. The fourth-order valence-electron chi connectivity index (χ4n) is 2.62. The summed E-state index contributed by atoms with van der Waals surface area (Å²) in [6, 6.07) is 15.3. The second-order valence-electron chi connectivity index (χ2n) is 6.29. The van der Waals surface area contributed by atoms with Gasteiger partial charge >= 0.3 is 0 Å². The van der Waals surface area contributed by atoms with Crippen molar-refractivity contribution in [2.75, 3.05) is 0 Å². The number of aromatic nitrogens is 1. The lowest BCUT2D eigenvalue weighted by Crippen LogP contribution is -2.08. The normalized spacial score (nSPS) is 12.4. The highest BCUT2D eigenvalue weighted by molar-refractivity contribution is 6.07. The summed E-state index contributed by atoms with van der Waals surface area (Å²) in [6.45, 7) is 6.85. The van der Waals surface area contributed by atoms with Gasteiger partial charge in [-0.3, -0.25) is 0 Å². The lowest BCUT2D eigenvalue weighted by molar-refractivity contribution is 0.411. The Hall–Kier alpha value is -1.76. The van der Waals surface area contributed by atoms with Crippen molar-refractivity contribution in [3.8, 4) is 0 Å². The molecule has 0 saturated carbocycles. The van der Waals surface area contributed by atoms with Gasteiger partial charge < -0.3 is 4.98 Å². The highest BCUT2D eigenvalue weighted by atomic mass is 14.7.